The molecule has 5 heteroatoms. The van der Waals surface area contributed by atoms with E-state index in [4.69, 9.17) is 4.74 Å². The van der Waals surface area contributed by atoms with Gasteiger partial charge in [-0.2, -0.15) is 0 Å². The molecule has 2 fully saturated rings. The van der Waals surface area contributed by atoms with Crippen LogP contribution in [-0.4, -0.2) is 33.4 Å². The van der Waals surface area contributed by atoms with Crippen molar-refractivity contribution in [3.63, 3.8) is 0 Å². The van der Waals surface area contributed by atoms with Gasteiger partial charge < -0.3 is 10.1 Å². The SMILES string of the molecule is CC1(C)C(Nc2ccc(S(C)(=O)=O)cc2)C2CCCOC21. The first-order chi connectivity index (χ1) is 9.80. The summed E-state index contributed by atoms with van der Waals surface area (Å²) in [7, 11) is -3.13. The monoisotopic (exact) mass is 309 g/mol. The van der Waals surface area contributed by atoms with Gasteiger partial charge in [0.1, 0.15) is 0 Å². The summed E-state index contributed by atoms with van der Waals surface area (Å²) in [5, 5.41) is 3.57. The maximum absolute atomic E-state index is 11.5. The molecule has 1 saturated heterocycles. The van der Waals surface area contributed by atoms with Crippen molar-refractivity contribution in [3.05, 3.63) is 24.3 Å². The first-order valence-corrected chi connectivity index (χ1v) is 9.37. The molecule has 3 unspecified atom stereocenters. The van der Waals surface area contributed by atoms with Crippen molar-refractivity contribution in [2.24, 2.45) is 11.3 Å². The summed E-state index contributed by atoms with van der Waals surface area (Å²) in [6, 6.07) is 7.41. The molecule has 1 aliphatic carbocycles. The highest BCUT2D eigenvalue weighted by Gasteiger charge is 2.57. The summed E-state index contributed by atoms with van der Waals surface area (Å²) >= 11 is 0. The van der Waals surface area contributed by atoms with Crippen LogP contribution in [0.25, 0.3) is 0 Å². The number of rotatable bonds is 3. The summed E-state index contributed by atoms with van der Waals surface area (Å²) in [5.74, 6) is 0.559. The number of fused-ring (bicyclic) bond motifs is 1. The average molecular weight is 309 g/mol. The van der Waals surface area contributed by atoms with Crippen molar-refractivity contribution in [2.45, 2.75) is 43.7 Å². The molecule has 0 amide bonds. The molecule has 1 heterocycles. The lowest BCUT2D eigenvalue weighted by atomic mass is 9.55. The van der Waals surface area contributed by atoms with Crippen molar-refractivity contribution >= 4 is 15.5 Å². The lowest BCUT2D eigenvalue weighted by Crippen LogP contribution is -2.67. The van der Waals surface area contributed by atoms with Gasteiger partial charge in [-0.15, -0.1) is 0 Å². The van der Waals surface area contributed by atoms with Crippen LogP contribution in [0, 0.1) is 11.3 Å². The number of nitrogens with one attached hydrogen (secondary N) is 1. The highest BCUT2D eigenvalue weighted by molar-refractivity contribution is 7.90. The van der Waals surface area contributed by atoms with Crippen LogP contribution in [0.15, 0.2) is 29.2 Å². The highest BCUT2D eigenvalue weighted by atomic mass is 32.2. The van der Waals surface area contributed by atoms with E-state index in [-0.39, 0.29) is 5.41 Å². The number of sulfone groups is 1. The van der Waals surface area contributed by atoms with Gasteiger partial charge in [-0.3, -0.25) is 0 Å². The zero-order valence-corrected chi connectivity index (χ0v) is 13.6. The molecular formula is C16H23NO3S. The fourth-order valence-corrected chi connectivity index (χ4v) is 4.42. The standard InChI is InChI=1S/C16H23NO3S/c1-16(2)14(13-5-4-10-20-15(13)16)17-11-6-8-12(9-7-11)21(3,18)19/h6-9,13-15,17H,4-5,10H2,1-3H3. The van der Waals surface area contributed by atoms with E-state index in [1.54, 1.807) is 12.1 Å². The topological polar surface area (TPSA) is 55.4 Å². The number of ether oxygens (including phenoxy) is 1. The van der Waals surface area contributed by atoms with Crippen molar-refractivity contribution in [3.8, 4) is 0 Å². The van der Waals surface area contributed by atoms with Crippen LogP contribution in [0.1, 0.15) is 26.7 Å². The van der Waals surface area contributed by atoms with Gasteiger partial charge >= 0.3 is 0 Å². The predicted octanol–water partition coefficient (Wildman–Crippen LogP) is 2.71. The van der Waals surface area contributed by atoms with E-state index >= 15 is 0 Å². The molecule has 116 valence electrons. The molecule has 1 N–H and O–H groups in total. The van der Waals surface area contributed by atoms with Crippen LogP contribution in [0.2, 0.25) is 0 Å². The molecule has 1 saturated carbocycles. The minimum absolute atomic E-state index is 0.112. The van der Waals surface area contributed by atoms with Crippen molar-refractivity contribution in [1.82, 2.24) is 0 Å². The van der Waals surface area contributed by atoms with Crippen LogP contribution in [-0.2, 0) is 14.6 Å². The molecule has 0 bridgehead atoms. The summed E-state index contributed by atoms with van der Waals surface area (Å²) in [6.45, 7) is 5.35. The van der Waals surface area contributed by atoms with Gasteiger partial charge in [0.25, 0.3) is 0 Å². The Balaban J connectivity index is 1.75. The molecule has 2 aliphatic rings. The van der Waals surface area contributed by atoms with Gasteiger partial charge in [0.2, 0.25) is 0 Å². The lowest BCUT2D eigenvalue weighted by Gasteiger charge is -2.60. The average Bonchev–Trinajstić information content (AvgIpc) is 2.44. The number of hydrogen-bond acceptors (Lipinski definition) is 4. The van der Waals surface area contributed by atoms with E-state index in [0.717, 1.165) is 18.7 Å². The van der Waals surface area contributed by atoms with E-state index in [0.29, 0.717) is 23.0 Å². The van der Waals surface area contributed by atoms with E-state index < -0.39 is 9.84 Å². The van der Waals surface area contributed by atoms with Crippen LogP contribution in [0.3, 0.4) is 0 Å². The van der Waals surface area contributed by atoms with Gasteiger partial charge in [-0.1, -0.05) is 13.8 Å². The van der Waals surface area contributed by atoms with Gasteiger partial charge in [0.05, 0.1) is 11.0 Å². The van der Waals surface area contributed by atoms with Crippen LogP contribution in [0.5, 0.6) is 0 Å². The maximum atomic E-state index is 11.5. The number of anilines is 1. The van der Waals surface area contributed by atoms with E-state index in [1.807, 2.05) is 12.1 Å². The van der Waals surface area contributed by atoms with Crippen molar-refractivity contribution in [1.29, 1.82) is 0 Å². The first-order valence-electron chi connectivity index (χ1n) is 7.48. The molecule has 4 nitrogen and oxygen atoms in total. The fraction of sp³-hybridized carbons (Fsp3) is 0.625. The zero-order chi connectivity index (χ0) is 15.3. The Kier molecular flexibility index (Phi) is 3.53. The molecule has 3 rings (SSSR count). The fourth-order valence-electron chi connectivity index (χ4n) is 3.79. The molecule has 0 aromatic heterocycles. The molecule has 1 aromatic rings. The summed E-state index contributed by atoms with van der Waals surface area (Å²) in [5.41, 5.74) is 1.09. The predicted molar refractivity (Wildman–Crippen MR) is 83.2 cm³/mol. The largest absolute Gasteiger partial charge is 0.381 e. The third kappa shape index (κ3) is 2.57. The third-order valence-electron chi connectivity index (χ3n) is 4.94. The number of hydrogen-bond donors (Lipinski definition) is 1. The summed E-state index contributed by atoms with van der Waals surface area (Å²) < 4.78 is 28.9. The molecule has 21 heavy (non-hydrogen) atoms. The minimum Gasteiger partial charge on any atom is -0.381 e. The second kappa shape index (κ2) is 4.99. The van der Waals surface area contributed by atoms with E-state index in [9.17, 15) is 8.42 Å². The first kappa shape index (κ1) is 14.9. The Hall–Kier alpha value is -1.07. The Labute approximate surface area is 126 Å². The van der Waals surface area contributed by atoms with Gasteiger partial charge in [-0.25, -0.2) is 8.42 Å². The second-order valence-electron chi connectivity index (χ2n) is 6.84. The quantitative estimate of drug-likeness (QED) is 0.933. The Morgan fingerprint density at radius 1 is 1.24 bits per heavy atom. The zero-order valence-electron chi connectivity index (χ0n) is 12.8. The normalized spacial score (nSPS) is 31.1. The van der Waals surface area contributed by atoms with Crippen molar-refractivity contribution < 1.29 is 13.2 Å². The molecule has 1 aliphatic heterocycles. The minimum atomic E-state index is -3.13. The Morgan fingerprint density at radius 2 is 1.90 bits per heavy atom. The maximum Gasteiger partial charge on any atom is 0.175 e. The molecule has 3 atom stereocenters. The van der Waals surface area contributed by atoms with Crippen LogP contribution >= 0.6 is 0 Å². The Bertz CT molecular complexity index is 621. The molecule has 1 aromatic carbocycles. The smallest absolute Gasteiger partial charge is 0.175 e. The Morgan fingerprint density at radius 3 is 2.52 bits per heavy atom. The van der Waals surface area contributed by atoms with Gasteiger partial charge in [0.15, 0.2) is 9.84 Å². The van der Waals surface area contributed by atoms with Gasteiger partial charge in [-0.05, 0) is 37.1 Å². The van der Waals surface area contributed by atoms with E-state index in [2.05, 4.69) is 19.2 Å². The van der Waals surface area contributed by atoms with Crippen LogP contribution in [0.4, 0.5) is 5.69 Å². The van der Waals surface area contributed by atoms with Crippen molar-refractivity contribution in [2.75, 3.05) is 18.2 Å². The second-order valence-corrected chi connectivity index (χ2v) is 8.85. The highest BCUT2D eigenvalue weighted by Crippen LogP contribution is 2.52. The summed E-state index contributed by atoms with van der Waals surface area (Å²) in [4.78, 5) is 0.361. The summed E-state index contributed by atoms with van der Waals surface area (Å²) in [6.07, 6.45) is 3.91. The molecule has 0 spiro atoms. The molecule has 0 radical (unpaired) electrons. The number of benzene rings is 1. The van der Waals surface area contributed by atoms with Crippen LogP contribution < -0.4 is 5.32 Å². The third-order valence-corrected chi connectivity index (χ3v) is 6.06. The molecular weight excluding hydrogens is 286 g/mol. The van der Waals surface area contributed by atoms with Gasteiger partial charge in [0, 0.05) is 35.9 Å². The lowest BCUT2D eigenvalue weighted by molar-refractivity contribution is -0.177. The van der Waals surface area contributed by atoms with E-state index in [1.165, 1.54) is 12.7 Å².